The average Bonchev–Trinajstić information content (AvgIpc) is 3.24. The van der Waals surface area contributed by atoms with Gasteiger partial charge in [0.1, 0.15) is 5.82 Å². The van der Waals surface area contributed by atoms with Crippen LogP contribution in [0.3, 0.4) is 0 Å². The number of imidazole rings is 1. The van der Waals surface area contributed by atoms with Gasteiger partial charge in [0.15, 0.2) is 11.5 Å². The van der Waals surface area contributed by atoms with Gasteiger partial charge in [0.2, 0.25) is 0 Å². The first-order chi connectivity index (χ1) is 14.2. The van der Waals surface area contributed by atoms with Crippen molar-refractivity contribution >= 4 is 5.91 Å². The van der Waals surface area contributed by atoms with E-state index in [1.165, 1.54) is 0 Å². The summed E-state index contributed by atoms with van der Waals surface area (Å²) in [7, 11) is 0. The van der Waals surface area contributed by atoms with Crippen LogP contribution >= 0.6 is 0 Å². The number of nitrogens with zero attached hydrogens (tertiary/aromatic N) is 1. The lowest BCUT2D eigenvalue weighted by Crippen LogP contribution is -2.29. The predicted octanol–water partition coefficient (Wildman–Crippen LogP) is 4.76. The second kappa shape index (κ2) is 9.78. The van der Waals surface area contributed by atoms with Crippen molar-refractivity contribution in [2.24, 2.45) is 0 Å². The van der Waals surface area contributed by atoms with Gasteiger partial charge in [-0.2, -0.15) is 0 Å². The molecule has 0 aliphatic rings. The molecule has 0 saturated carbocycles. The number of amides is 1. The average molecular weight is 393 g/mol. The Morgan fingerprint density at radius 1 is 1.03 bits per heavy atom. The maximum atomic E-state index is 12.8. The minimum Gasteiger partial charge on any atom is -0.490 e. The normalized spacial score (nSPS) is 11.7. The van der Waals surface area contributed by atoms with Crippen molar-refractivity contribution in [3.05, 3.63) is 66.1 Å². The van der Waals surface area contributed by atoms with Gasteiger partial charge in [0.25, 0.3) is 5.91 Å². The smallest absolute Gasteiger partial charge is 0.252 e. The van der Waals surface area contributed by atoms with E-state index >= 15 is 0 Å². The zero-order chi connectivity index (χ0) is 20.6. The number of nitrogens with one attached hydrogen (secondary N) is 2. The first-order valence-corrected chi connectivity index (χ1v) is 9.97. The van der Waals surface area contributed by atoms with Crippen LogP contribution in [0, 0.1) is 0 Å². The molecular formula is C23H27N3O3. The van der Waals surface area contributed by atoms with Gasteiger partial charge in [-0.25, -0.2) is 4.98 Å². The molecule has 3 aromatic rings. The second-order valence-corrected chi connectivity index (χ2v) is 6.51. The standard InChI is InChI=1S/C23H27N3O3/c1-4-18(22-24-15-19(25-22)16-10-8-7-9-11-16)26-23(27)17-12-13-20(28-5-2)21(14-17)29-6-3/h7-15,18H,4-6H2,1-3H3,(H,24,25)(H,26,27). The molecule has 0 aliphatic heterocycles. The third kappa shape index (κ3) is 4.96. The zero-order valence-corrected chi connectivity index (χ0v) is 17.1. The molecule has 1 amide bonds. The van der Waals surface area contributed by atoms with E-state index in [1.807, 2.05) is 51.1 Å². The molecule has 6 heteroatoms. The van der Waals surface area contributed by atoms with Crippen molar-refractivity contribution in [1.29, 1.82) is 0 Å². The van der Waals surface area contributed by atoms with Crippen LogP contribution in [0.4, 0.5) is 0 Å². The van der Waals surface area contributed by atoms with Gasteiger partial charge < -0.3 is 19.8 Å². The first kappa shape index (κ1) is 20.5. The highest BCUT2D eigenvalue weighted by Gasteiger charge is 2.19. The van der Waals surface area contributed by atoms with Crippen molar-refractivity contribution in [2.75, 3.05) is 13.2 Å². The molecule has 152 valence electrons. The minimum absolute atomic E-state index is 0.182. The van der Waals surface area contributed by atoms with Gasteiger partial charge >= 0.3 is 0 Å². The molecule has 0 saturated heterocycles. The van der Waals surface area contributed by atoms with E-state index < -0.39 is 0 Å². The van der Waals surface area contributed by atoms with Gasteiger partial charge in [0, 0.05) is 5.56 Å². The Labute approximate surface area is 171 Å². The Morgan fingerprint density at radius 3 is 2.45 bits per heavy atom. The van der Waals surface area contributed by atoms with E-state index in [1.54, 1.807) is 24.4 Å². The van der Waals surface area contributed by atoms with Crippen molar-refractivity contribution in [3.63, 3.8) is 0 Å². The number of carbonyl (C=O) groups excluding carboxylic acids is 1. The third-order valence-electron chi connectivity index (χ3n) is 4.53. The fraction of sp³-hybridized carbons (Fsp3) is 0.304. The van der Waals surface area contributed by atoms with Crippen LogP contribution in [0.2, 0.25) is 0 Å². The quantitative estimate of drug-likeness (QED) is 0.550. The van der Waals surface area contributed by atoms with Crippen molar-refractivity contribution in [2.45, 2.75) is 33.2 Å². The van der Waals surface area contributed by atoms with E-state index in [4.69, 9.17) is 9.47 Å². The highest BCUT2D eigenvalue weighted by Crippen LogP contribution is 2.29. The molecule has 2 N–H and O–H groups in total. The van der Waals surface area contributed by atoms with E-state index in [0.29, 0.717) is 36.7 Å². The number of carbonyl (C=O) groups is 1. The Hall–Kier alpha value is -3.28. The number of hydrogen-bond donors (Lipinski definition) is 2. The van der Waals surface area contributed by atoms with E-state index in [0.717, 1.165) is 17.1 Å². The van der Waals surface area contributed by atoms with E-state index in [-0.39, 0.29) is 11.9 Å². The SMILES string of the molecule is CCOc1ccc(C(=O)NC(CC)c2ncc(-c3ccccc3)[nH]2)cc1OCC. The lowest BCUT2D eigenvalue weighted by molar-refractivity contribution is 0.0933. The van der Waals surface area contributed by atoms with Crippen LogP contribution in [-0.2, 0) is 0 Å². The van der Waals surface area contributed by atoms with E-state index in [9.17, 15) is 4.79 Å². The summed E-state index contributed by atoms with van der Waals surface area (Å²) in [6, 6.07) is 15.0. The number of hydrogen-bond acceptors (Lipinski definition) is 4. The van der Waals surface area contributed by atoms with Crippen LogP contribution in [0.5, 0.6) is 11.5 Å². The molecule has 3 rings (SSSR count). The molecule has 6 nitrogen and oxygen atoms in total. The monoisotopic (exact) mass is 393 g/mol. The number of rotatable bonds is 9. The van der Waals surface area contributed by atoms with Crippen molar-refractivity contribution in [3.8, 4) is 22.8 Å². The summed E-state index contributed by atoms with van der Waals surface area (Å²) in [6.07, 6.45) is 2.51. The molecule has 0 radical (unpaired) electrons. The zero-order valence-electron chi connectivity index (χ0n) is 17.1. The lowest BCUT2D eigenvalue weighted by Gasteiger charge is -2.16. The Morgan fingerprint density at radius 2 is 1.76 bits per heavy atom. The third-order valence-corrected chi connectivity index (χ3v) is 4.53. The topological polar surface area (TPSA) is 76.2 Å². The summed E-state index contributed by atoms with van der Waals surface area (Å²) in [5.41, 5.74) is 2.50. The van der Waals surface area contributed by atoms with Crippen LogP contribution in [-0.4, -0.2) is 29.1 Å². The van der Waals surface area contributed by atoms with Crippen molar-refractivity contribution in [1.82, 2.24) is 15.3 Å². The highest BCUT2D eigenvalue weighted by molar-refractivity contribution is 5.95. The Kier molecular flexibility index (Phi) is 6.89. The van der Waals surface area contributed by atoms with Crippen LogP contribution < -0.4 is 14.8 Å². The number of ether oxygens (including phenoxy) is 2. The molecule has 2 aromatic carbocycles. The van der Waals surface area contributed by atoms with Crippen LogP contribution in [0.1, 0.15) is 49.4 Å². The minimum atomic E-state index is -0.220. The molecule has 0 spiro atoms. The number of benzene rings is 2. The van der Waals surface area contributed by atoms with Crippen molar-refractivity contribution < 1.29 is 14.3 Å². The molecule has 1 unspecified atom stereocenters. The Bertz CT molecular complexity index is 938. The fourth-order valence-electron chi connectivity index (χ4n) is 3.08. The summed E-state index contributed by atoms with van der Waals surface area (Å²) in [4.78, 5) is 20.6. The molecule has 29 heavy (non-hydrogen) atoms. The molecule has 1 atom stereocenters. The Balaban J connectivity index is 1.76. The summed E-state index contributed by atoms with van der Waals surface area (Å²) < 4.78 is 11.2. The lowest BCUT2D eigenvalue weighted by atomic mass is 10.1. The maximum absolute atomic E-state index is 12.8. The second-order valence-electron chi connectivity index (χ2n) is 6.51. The fourth-order valence-corrected chi connectivity index (χ4v) is 3.08. The molecule has 1 heterocycles. The van der Waals surface area contributed by atoms with Crippen LogP contribution in [0.25, 0.3) is 11.3 Å². The van der Waals surface area contributed by atoms with Gasteiger partial charge in [-0.1, -0.05) is 37.3 Å². The van der Waals surface area contributed by atoms with Gasteiger partial charge in [0.05, 0.1) is 31.1 Å². The number of aromatic nitrogens is 2. The predicted molar refractivity (Wildman–Crippen MR) is 113 cm³/mol. The molecule has 0 aliphatic carbocycles. The van der Waals surface area contributed by atoms with Gasteiger partial charge in [-0.3, -0.25) is 4.79 Å². The summed E-state index contributed by atoms with van der Waals surface area (Å²) in [5, 5.41) is 3.06. The van der Waals surface area contributed by atoms with Crippen LogP contribution in [0.15, 0.2) is 54.7 Å². The van der Waals surface area contributed by atoms with E-state index in [2.05, 4.69) is 15.3 Å². The summed E-state index contributed by atoms with van der Waals surface area (Å²) >= 11 is 0. The van der Waals surface area contributed by atoms with Gasteiger partial charge in [-0.05, 0) is 44.0 Å². The molecular weight excluding hydrogens is 366 g/mol. The van der Waals surface area contributed by atoms with Gasteiger partial charge in [-0.15, -0.1) is 0 Å². The highest BCUT2D eigenvalue weighted by atomic mass is 16.5. The number of H-pyrrole nitrogens is 1. The maximum Gasteiger partial charge on any atom is 0.252 e. The summed E-state index contributed by atoms with van der Waals surface area (Å²) in [6.45, 7) is 6.86. The number of aromatic amines is 1. The molecule has 0 bridgehead atoms. The molecule has 1 aromatic heterocycles. The molecule has 0 fully saturated rings. The first-order valence-electron chi connectivity index (χ1n) is 9.97. The largest absolute Gasteiger partial charge is 0.490 e. The summed E-state index contributed by atoms with van der Waals surface area (Å²) in [5.74, 6) is 1.75.